The Hall–Kier alpha value is -3.39. The molecule has 1 amide bonds. The maximum absolute atomic E-state index is 14.5. The number of carbonyl (C=O) groups excluding carboxylic acids is 1. The zero-order valence-corrected chi connectivity index (χ0v) is 18.7. The van der Waals surface area contributed by atoms with E-state index in [9.17, 15) is 17.6 Å². The number of ether oxygens (including phenoxy) is 1. The van der Waals surface area contributed by atoms with E-state index >= 15 is 0 Å². The molecule has 0 aliphatic rings. The molecule has 0 saturated carbocycles. The van der Waals surface area contributed by atoms with Gasteiger partial charge in [-0.05, 0) is 55.3 Å². The fraction of sp³-hybridized carbons (Fsp3) is 0.208. The van der Waals surface area contributed by atoms with E-state index in [1.165, 1.54) is 30.3 Å². The largest absolute Gasteiger partial charge is 0.497 e. The van der Waals surface area contributed by atoms with Gasteiger partial charge in [-0.2, -0.15) is 0 Å². The number of nitrogens with one attached hydrogen (secondary N) is 1. The van der Waals surface area contributed by atoms with Crippen LogP contribution in [0, 0.1) is 12.7 Å². The van der Waals surface area contributed by atoms with Crippen molar-refractivity contribution in [2.24, 2.45) is 0 Å². The lowest BCUT2D eigenvalue weighted by Crippen LogP contribution is -2.41. The molecule has 0 heterocycles. The zero-order chi connectivity index (χ0) is 23.1. The lowest BCUT2D eigenvalue weighted by molar-refractivity contribution is -0.119. The van der Waals surface area contributed by atoms with Gasteiger partial charge in [0.2, 0.25) is 5.91 Å². The van der Waals surface area contributed by atoms with Gasteiger partial charge in [0.25, 0.3) is 10.0 Å². The average Bonchev–Trinajstić information content (AvgIpc) is 2.79. The number of methoxy groups -OCH3 is 1. The molecule has 8 heteroatoms. The molecule has 0 fully saturated rings. The molecular weight excluding hydrogens is 431 g/mol. The van der Waals surface area contributed by atoms with Crippen molar-refractivity contribution in [3.8, 4) is 5.75 Å². The summed E-state index contributed by atoms with van der Waals surface area (Å²) in [5.41, 5.74) is 1.69. The molecule has 3 aromatic carbocycles. The zero-order valence-electron chi connectivity index (χ0n) is 17.9. The Morgan fingerprint density at radius 2 is 1.66 bits per heavy atom. The van der Waals surface area contributed by atoms with Crippen LogP contribution in [0.2, 0.25) is 0 Å². The third-order valence-electron chi connectivity index (χ3n) is 4.91. The van der Waals surface area contributed by atoms with E-state index in [2.05, 4.69) is 5.32 Å². The average molecular weight is 457 g/mol. The predicted octanol–water partition coefficient (Wildman–Crippen LogP) is 3.70. The number of rotatable bonds is 9. The molecule has 0 unspecified atom stereocenters. The highest BCUT2D eigenvalue weighted by Crippen LogP contribution is 2.26. The monoisotopic (exact) mass is 456 g/mol. The molecule has 0 atom stereocenters. The van der Waals surface area contributed by atoms with E-state index in [4.69, 9.17) is 4.74 Å². The number of amides is 1. The number of benzene rings is 3. The van der Waals surface area contributed by atoms with Crippen LogP contribution in [0.15, 0.2) is 77.7 Å². The highest BCUT2D eigenvalue weighted by atomic mass is 32.2. The molecule has 0 aliphatic heterocycles. The van der Waals surface area contributed by atoms with Gasteiger partial charge in [-0.15, -0.1) is 0 Å². The normalized spacial score (nSPS) is 11.1. The van der Waals surface area contributed by atoms with Crippen molar-refractivity contribution >= 4 is 21.6 Å². The van der Waals surface area contributed by atoms with Crippen LogP contribution in [0.25, 0.3) is 0 Å². The van der Waals surface area contributed by atoms with Gasteiger partial charge in [-0.25, -0.2) is 12.8 Å². The summed E-state index contributed by atoms with van der Waals surface area (Å²) in [6.07, 6.45) is 0.556. The van der Waals surface area contributed by atoms with E-state index in [0.717, 1.165) is 27.2 Å². The van der Waals surface area contributed by atoms with Crippen LogP contribution in [0.1, 0.15) is 11.1 Å². The van der Waals surface area contributed by atoms with Gasteiger partial charge in [0.05, 0.1) is 17.7 Å². The lowest BCUT2D eigenvalue weighted by atomic mass is 10.1. The molecule has 0 aliphatic carbocycles. The number of hydrogen-bond acceptors (Lipinski definition) is 4. The maximum atomic E-state index is 14.5. The number of aryl methyl sites for hydroxylation is 1. The number of halogens is 1. The summed E-state index contributed by atoms with van der Waals surface area (Å²) in [5, 5.41) is 2.71. The number of hydrogen-bond donors (Lipinski definition) is 1. The minimum absolute atomic E-state index is 0.0163. The molecular formula is C24H25FN2O4S. The van der Waals surface area contributed by atoms with Crippen LogP contribution >= 0.6 is 0 Å². The van der Waals surface area contributed by atoms with Crippen molar-refractivity contribution in [3.63, 3.8) is 0 Å². The lowest BCUT2D eigenvalue weighted by Gasteiger charge is -2.24. The summed E-state index contributed by atoms with van der Waals surface area (Å²) in [7, 11) is -2.57. The highest BCUT2D eigenvalue weighted by molar-refractivity contribution is 7.92. The van der Waals surface area contributed by atoms with Crippen LogP contribution in [0.4, 0.5) is 10.1 Å². The first-order chi connectivity index (χ1) is 15.3. The van der Waals surface area contributed by atoms with E-state index < -0.39 is 28.3 Å². The minimum Gasteiger partial charge on any atom is -0.497 e. The van der Waals surface area contributed by atoms with Crippen molar-refractivity contribution in [1.29, 1.82) is 0 Å². The Bertz CT molecular complexity index is 1160. The Kier molecular flexibility index (Phi) is 7.48. The van der Waals surface area contributed by atoms with Crippen LogP contribution in [0.5, 0.6) is 5.75 Å². The summed E-state index contributed by atoms with van der Waals surface area (Å²) in [6.45, 7) is 1.60. The second kappa shape index (κ2) is 10.3. The van der Waals surface area contributed by atoms with Gasteiger partial charge < -0.3 is 10.1 Å². The molecule has 0 radical (unpaired) electrons. The fourth-order valence-corrected chi connectivity index (χ4v) is 4.54. The molecule has 6 nitrogen and oxygen atoms in total. The number of anilines is 1. The second-order valence-electron chi connectivity index (χ2n) is 7.22. The van der Waals surface area contributed by atoms with E-state index in [1.54, 1.807) is 19.2 Å². The van der Waals surface area contributed by atoms with Crippen molar-refractivity contribution in [1.82, 2.24) is 5.32 Å². The molecule has 168 valence electrons. The summed E-state index contributed by atoms with van der Waals surface area (Å²) < 4.78 is 46.9. The first-order valence-corrected chi connectivity index (χ1v) is 11.5. The number of para-hydroxylation sites is 1. The van der Waals surface area contributed by atoms with E-state index in [-0.39, 0.29) is 10.6 Å². The Labute approximate surface area is 187 Å². The first kappa shape index (κ1) is 23.3. The molecule has 0 aromatic heterocycles. The molecule has 32 heavy (non-hydrogen) atoms. The fourth-order valence-electron chi connectivity index (χ4n) is 3.12. The van der Waals surface area contributed by atoms with Gasteiger partial charge >= 0.3 is 0 Å². The van der Waals surface area contributed by atoms with E-state index in [0.29, 0.717) is 13.0 Å². The molecule has 0 bridgehead atoms. The Morgan fingerprint density at radius 1 is 1.00 bits per heavy atom. The maximum Gasteiger partial charge on any atom is 0.264 e. The molecule has 0 spiro atoms. The van der Waals surface area contributed by atoms with Crippen LogP contribution < -0.4 is 14.4 Å². The summed E-state index contributed by atoms with van der Waals surface area (Å²) in [6, 6.07) is 19.1. The van der Waals surface area contributed by atoms with Gasteiger partial charge in [0.1, 0.15) is 18.1 Å². The third-order valence-corrected chi connectivity index (χ3v) is 6.69. The van der Waals surface area contributed by atoms with Crippen molar-refractivity contribution < 1.29 is 22.3 Å². The smallest absolute Gasteiger partial charge is 0.264 e. The van der Waals surface area contributed by atoms with E-state index in [1.807, 2.05) is 31.2 Å². The van der Waals surface area contributed by atoms with Crippen LogP contribution in [0.3, 0.4) is 0 Å². The van der Waals surface area contributed by atoms with Gasteiger partial charge in [0, 0.05) is 6.54 Å². The molecule has 3 rings (SSSR count). The standard InChI is InChI=1S/C24H25FN2O4S/c1-18-7-13-21(14-8-18)32(29,30)27(23-6-4-3-5-22(23)25)17-24(28)26-16-15-19-9-11-20(31-2)12-10-19/h3-14H,15-17H2,1-2H3,(H,26,28). The quantitative estimate of drug-likeness (QED) is 0.533. The summed E-state index contributed by atoms with van der Waals surface area (Å²) >= 11 is 0. The third kappa shape index (κ3) is 5.64. The van der Waals surface area contributed by atoms with Gasteiger partial charge in [0.15, 0.2) is 0 Å². The predicted molar refractivity (Wildman–Crippen MR) is 122 cm³/mol. The number of nitrogens with zero attached hydrogens (tertiary/aromatic N) is 1. The highest BCUT2D eigenvalue weighted by Gasteiger charge is 2.29. The minimum atomic E-state index is -4.15. The Morgan fingerprint density at radius 3 is 2.28 bits per heavy atom. The van der Waals surface area contributed by atoms with Crippen LogP contribution in [-0.2, 0) is 21.2 Å². The van der Waals surface area contributed by atoms with Crippen molar-refractivity contribution in [2.75, 3.05) is 24.5 Å². The molecule has 0 saturated heterocycles. The Balaban J connectivity index is 1.76. The summed E-state index contributed by atoms with van der Waals surface area (Å²) in [4.78, 5) is 12.6. The van der Waals surface area contributed by atoms with Gasteiger partial charge in [-0.3, -0.25) is 9.10 Å². The first-order valence-electron chi connectivity index (χ1n) is 10.0. The van der Waals surface area contributed by atoms with Gasteiger partial charge in [-0.1, -0.05) is 42.0 Å². The van der Waals surface area contributed by atoms with Crippen molar-refractivity contribution in [2.45, 2.75) is 18.2 Å². The summed E-state index contributed by atoms with van der Waals surface area (Å²) in [5.74, 6) is -0.522. The topological polar surface area (TPSA) is 75.7 Å². The number of carbonyl (C=O) groups is 1. The molecule has 3 aromatic rings. The van der Waals surface area contributed by atoms with Crippen LogP contribution in [-0.4, -0.2) is 34.5 Å². The number of sulfonamides is 1. The SMILES string of the molecule is COc1ccc(CCNC(=O)CN(c2ccccc2F)S(=O)(=O)c2ccc(C)cc2)cc1. The molecule has 1 N–H and O–H groups in total. The van der Waals surface area contributed by atoms with Crippen molar-refractivity contribution in [3.05, 3.63) is 89.7 Å². The second-order valence-corrected chi connectivity index (χ2v) is 9.09.